The molecular formula is C16H15F3N2O2S. The number of hydrogen-bond acceptors (Lipinski definition) is 4. The van der Waals surface area contributed by atoms with Gasteiger partial charge in [0.25, 0.3) is 5.91 Å². The van der Waals surface area contributed by atoms with Crippen molar-refractivity contribution in [1.82, 2.24) is 10.3 Å². The summed E-state index contributed by atoms with van der Waals surface area (Å²) in [5, 5.41) is 13.1. The number of aliphatic hydroxyl groups is 1. The fourth-order valence-electron chi connectivity index (χ4n) is 2.02. The maximum Gasteiger partial charge on any atom is 0.416 e. The number of thioether (sulfide) groups is 1. The minimum Gasteiger partial charge on any atom is -0.387 e. The number of aliphatic hydroxyl groups excluding tert-OH is 1. The normalized spacial score (nSPS) is 12.7. The van der Waals surface area contributed by atoms with Crippen LogP contribution in [0.5, 0.6) is 0 Å². The fraction of sp³-hybridized carbons (Fsp3) is 0.250. The zero-order chi connectivity index (χ0) is 17.7. The monoisotopic (exact) mass is 356 g/mol. The molecule has 1 heterocycles. The average Bonchev–Trinajstić information content (AvgIpc) is 2.58. The Morgan fingerprint density at radius 2 is 1.96 bits per heavy atom. The molecule has 0 aliphatic carbocycles. The van der Waals surface area contributed by atoms with Crippen LogP contribution in [0.2, 0.25) is 0 Å². The maximum atomic E-state index is 12.5. The molecule has 0 saturated heterocycles. The number of amides is 1. The summed E-state index contributed by atoms with van der Waals surface area (Å²) >= 11 is 1.32. The lowest BCUT2D eigenvalue weighted by atomic mass is 10.1. The molecule has 0 aliphatic heterocycles. The van der Waals surface area contributed by atoms with E-state index in [9.17, 15) is 23.1 Å². The second-order valence-corrected chi connectivity index (χ2v) is 5.70. The van der Waals surface area contributed by atoms with Crippen LogP contribution >= 0.6 is 11.8 Å². The van der Waals surface area contributed by atoms with E-state index in [1.54, 1.807) is 24.6 Å². The summed E-state index contributed by atoms with van der Waals surface area (Å²) in [6, 6.07) is 7.41. The molecule has 0 fully saturated rings. The number of carbonyl (C=O) groups is 1. The number of nitrogens with zero attached hydrogens (tertiary/aromatic N) is 1. The molecule has 2 N–H and O–H groups in total. The van der Waals surface area contributed by atoms with Gasteiger partial charge in [-0.15, -0.1) is 11.8 Å². The van der Waals surface area contributed by atoms with E-state index >= 15 is 0 Å². The second kappa shape index (κ2) is 7.67. The van der Waals surface area contributed by atoms with Crippen molar-refractivity contribution in [3.63, 3.8) is 0 Å². The molecule has 0 unspecified atom stereocenters. The number of rotatable bonds is 5. The average molecular weight is 356 g/mol. The van der Waals surface area contributed by atoms with Crippen molar-refractivity contribution in [2.24, 2.45) is 0 Å². The van der Waals surface area contributed by atoms with E-state index in [1.807, 2.05) is 0 Å². The van der Waals surface area contributed by atoms with Crippen LogP contribution in [0.1, 0.15) is 27.6 Å². The Kier molecular flexibility index (Phi) is 5.84. The third-order valence-electron chi connectivity index (χ3n) is 3.29. The standard InChI is InChI=1S/C16H15F3N2O2S/c1-24-15-12(3-2-8-20-15)14(23)21-9-13(22)10-4-6-11(7-5-10)16(17,18)19/h2-8,13,22H,9H2,1H3,(H,21,23)/t13-/m0/s1. The topological polar surface area (TPSA) is 62.2 Å². The Bertz CT molecular complexity index is 705. The van der Waals surface area contributed by atoms with Crippen molar-refractivity contribution in [3.05, 3.63) is 59.3 Å². The zero-order valence-corrected chi connectivity index (χ0v) is 13.5. The van der Waals surface area contributed by atoms with E-state index < -0.39 is 23.8 Å². The molecule has 2 aromatic rings. The summed E-state index contributed by atoms with van der Waals surface area (Å²) in [6.45, 7) is -0.118. The molecular weight excluding hydrogens is 341 g/mol. The van der Waals surface area contributed by atoms with Crippen LogP contribution in [0.15, 0.2) is 47.6 Å². The summed E-state index contributed by atoms with van der Waals surface area (Å²) in [4.78, 5) is 16.2. The van der Waals surface area contributed by atoms with Gasteiger partial charge in [-0.05, 0) is 36.1 Å². The first-order chi connectivity index (χ1) is 11.3. The van der Waals surface area contributed by atoms with Crippen molar-refractivity contribution in [2.45, 2.75) is 17.3 Å². The number of carbonyl (C=O) groups excluding carboxylic acids is 1. The van der Waals surface area contributed by atoms with Crippen molar-refractivity contribution in [3.8, 4) is 0 Å². The summed E-state index contributed by atoms with van der Waals surface area (Å²) in [5.41, 5.74) is -0.119. The molecule has 128 valence electrons. The number of alkyl halides is 3. The van der Waals surface area contributed by atoms with Gasteiger partial charge in [0.05, 0.1) is 17.2 Å². The smallest absolute Gasteiger partial charge is 0.387 e. The van der Waals surface area contributed by atoms with Gasteiger partial charge in [0.15, 0.2) is 0 Å². The molecule has 0 spiro atoms. The first-order valence-corrected chi connectivity index (χ1v) is 8.18. The van der Waals surface area contributed by atoms with E-state index in [2.05, 4.69) is 10.3 Å². The predicted molar refractivity (Wildman–Crippen MR) is 84.8 cm³/mol. The highest BCUT2D eigenvalue weighted by atomic mass is 32.2. The van der Waals surface area contributed by atoms with Gasteiger partial charge in [-0.3, -0.25) is 4.79 Å². The van der Waals surface area contributed by atoms with E-state index in [4.69, 9.17) is 0 Å². The molecule has 1 aromatic heterocycles. The third kappa shape index (κ3) is 4.48. The molecule has 0 bridgehead atoms. The first kappa shape index (κ1) is 18.3. The Balaban J connectivity index is 2.00. The number of aromatic nitrogens is 1. The zero-order valence-electron chi connectivity index (χ0n) is 12.7. The molecule has 4 nitrogen and oxygen atoms in total. The Hall–Kier alpha value is -2.06. The molecule has 1 aromatic carbocycles. The Morgan fingerprint density at radius 3 is 2.54 bits per heavy atom. The minimum atomic E-state index is -4.42. The number of benzene rings is 1. The lowest BCUT2D eigenvalue weighted by Crippen LogP contribution is -2.29. The van der Waals surface area contributed by atoms with E-state index in [0.29, 0.717) is 16.2 Å². The van der Waals surface area contributed by atoms with Crippen LogP contribution in [-0.2, 0) is 6.18 Å². The van der Waals surface area contributed by atoms with Crippen LogP contribution in [0.3, 0.4) is 0 Å². The highest BCUT2D eigenvalue weighted by Gasteiger charge is 2.30. The van der Waals surface area contributed by atoms with Crippen LogP contribution < -0.4 is 5.32 Å². The molecule has 0 aliphatic rings. The summed E-state index contributed by atoms with van der Waals surface area (Å²) in [5.74, 6) is -0.404. The van der Waals surface area contributed by atoms with Crippen LogP contribution in [0.4, 0.5) is 13.2 Å². The minimum absolute atomic E-state index is 0.118. The lowest BCUT2D eigenvalue weighted by molar-refractivity contribution is -0.137. The number of hydrogen-bond donors (Lipinski definition) is 2. The Morgan fingerprint density at radius 1 is 1.29 bits per heavy atom. The van der Waals surface area contributed by atoms with Gasteiger partial charge in [0, 0.05) is 12.7 Å². The van der Waals surface area contributed by atoms with Gasteiger partial charge in [-0.1, -0.05) is 12.1 Å². The Labute approximate surface area is 141 Å². The van der Waals surface area contributed by atoms with Crippen molar-refractivity contribution in [2.75, 3.05) is 12.8 Å². The van der Waals surface area contributed by atoms with Crippen molar-refractivity contribution >= 4 is 17.7 Å². The fourth-order valence-corrected chi connectivity index (χ4v) is 2.57. The van der Waals surface area contributed by atoms with Gasteiger partial charge in [-0.25, -0.2) is 4.98 Å². The van der Waals surface area contributed by atoms with E-state index in [1.165, 1.54) is 23.9 Å². The van der Waals surface area contributed by atoms with Gasteiger partial charge < -0.3 is 10.4 Å². The van der Waals surface area contributed by atoms with Crippen LogP contribution in [-0.4, -0.2) is 28.8 Å². The van der Waals surface area contributed by atoms with Gasteiger partial charge in [0.2, 0.25) is 0 Å². The number of nitrogens with one attached hydrogen (secondary N) is 1. The molecule has 0 saturated carbocycles. The number of halogens is 3. The molecule has 1 atom stereocenters. The maximum absolute atomic E-state index is 12.5. The molecule has 8 heteroatoms. The van der Waals surface area contributed by atoms with Crippen molar-refractivity contribution < 1.29 is 23.1 Å². The number of pyridine rings is 1. The summed E-state index contributed by atoms with van der Waals surface area (Å²) in [6.07, 6.45) is -2.17. The van der Waals surface area contributed by atoms with Gasteiger partial charge in [-0.2, -0.15) is 13.2 Å². The summed E-state index contributed by atoms with van der Waals surface area (Å²) in [7, 11) is 0. The highest BCUT2D eigenvalue weighted by molar-refractivity contribution is 7.98. The SMILES string of the molecule is CSc1ncccc1C(=O)NC[C@H](O)c1ccc(C(F)(F)F)cc1. The predicted octanol–water partition coefficient (Wildman–Crippen LogP) is 3.29. The van der Waals surface area contributed by atoms with E-state index in [0.717, 1.165) is 12.1 Å². The molecule has 0 radical (unpaired) electrons. The highest BCUT2D eigenvalue weighted by Crippen LogP contribution is 2.29. The quantitative estimate of drug-likeness (QED) is 0.807. The second-order valence-electron chi connectivity index (χ2n) is 4.91. The lowest BCUT2D eigenvalue weighted by Gasteiger charge is -2.14. The van der Waals surface area contributed by atoms with Gasteiger partial charge >= 0.3 is 6.18 Å². The largest absolute Gasteiger partial charge is 0.416 e. The van der Waals surface area contributed by atoms with Crippen LogP contribution in [0, 0.1) is 0 Å². The molecule has 2 rings (SSSR count). The van der Waals surface area contributed by atoms with Crippen LogP contribution in [0.25, 0.3) is 0 Å². The third-order valence-corrected chi connectivity index (χ3v) is 4.00. The first-order valence-electron chi connectivity index (χ1n) is 6.95. The van der Waals surface area contributed by atoms with Gasteiger partial charge in [0.1, 0.15) is 5.03 Å². The molecule has 24 heavy (non-hydrogen) atoms. The van der Waals surface area contributed by atoms with E-state index in [-0.39, 0.29) is 6.54 Å². The molecule has 1 amide bonds. The van der Waals surface area contributed by atoms with Crippen molar-refractivity contribution in [1.29, 1.82) is 0 Å². The summed E-state index contributed by atoms with van der Waals surface area (Å²) < 4.78 is 37.5.